The van der Waals surface area contributed by atoms with Crippen molar-refractivity contribution in [1.82, 2.24) is 4.98 Å². The van der Waals surface area contributed by atoms with Crippen LogP contribution in [0.25, 0.3) is 0 Å². The topological polar surface area (TPSA) is 63.3 Å². The Bertz CT molecular complexity index is 631. The zero-order valence-corrected chi connectivity index (χ0v) is 14.3. The monoisotopic (exact) mass is 316 g/mol. The smallest absolute Gasteiger partial charge is 0.193 e. The fourth-order valence-corrected chi connectivity index (χ4v) is 2.91. The van der Waals surface area contributed by atoms with Gasteiger partial charge in [-0.05, 0) is 30.0 Å². The highest BCUT2D eigenvalue weighted by atomic mass is 32.1. The molecule has 4 nitrogen and oxygen atoms in total. The first kappa shape index (κ1) is 16.5. The van der Waals surface area contributed by atoms with Crippen molar-refractivity contribution in [2.75, 3.05) is 11.9 Å². The van der Waals surface area contributed by atoms with Crippen LogP contribution in [0.4, 0.5) is 5.69 Å². The third kappa shape index (κ3) is 4.84. The molecule has 0 unspecified atom stereocenters. The van der Waals surface area contributed by atoms with Crippen molar-refractivity contribution in [2.24, 2.45) is 10.7 Å². The Morgan fingerprint density at radius 1 is 1.41 bits per heavy atom. The second-order valence-corrected chi connectivity index (χ2v) is 6.70. The second-order valence-electron chi connectivity index (χ2n) is 5.50. The molecule has 0 atom stereocenters. The molecule has 0 aliphatic heterocycles. The molecule has 5 heteroatoms. The summed E-state index contributed by atoms with van der Waals surface area (Å²) in [5.74, 6) is 0.950. The molecule has 1 aromatic heterocycles. The zero-order valence-electron chi connectivity index (χ0n) is 13.5. The molecule has 0 spiro atoms. The van der Waals surface area contributed by atoms with Crippen LogP contribution in [0, 0.1) is 0 Å². The van der Waals surface area contributed by atoms with Crippen LogP contribution in [0.5, 0.6) is 0 Å². The van der Waals surface area contributed by atoms with E-state index in [4.69, 9.17) is 5.73 Å². The van der Waals surface area contributed by atoms with Crippen LogP contribution in [0.1, 0.15) is 42.1 Å². The van der Waals surface area contributed by atoms with Crippen molar-refractivity contribution in [2.45, 2.75) is 39.5 Å². The molecule has 0 bridgehead atoms. The molecule has 0 fully saturated rings. The van der Waals surface area contributed by atoms with Crippen molar-refractivity contribution in [3.8, 4) is 0 Å². The summed E-state index contributed by atoms with van der Waals surface area (Å²) in [4.78, 5) is 10.1. The molecular weight excluding hydrogens is 292 g/mol. The van der Waals surface area contributed by atoms with Gasteiger partial charge in [0.2, 0.25) is 0 Å². The first-order chi connectivity index (χ1) is 10.6. The summed E-state index contributed by atoms with van der Waals surface area (Å²) in [5.41, 5.74) is 8.22. The quantitative estimate of drug-likeness (QED) is 0.629. The summed E-state index contributed by atoms with van der Waals surface area (Å²) in [6.45, 7) is 7.15. The highest BCUT2D eigenvalue weighted by Gasteiger charge is 2.02. The minimum atomic E-state index is 0.452. The van der Waals surface area contributed by atoms with Gasteiger partial charge in [0.05, 0.1) is 5.01 Å². The number of thiazole rings is 1. The Balaban J connectivity index is 1.88. The predicted octanol–water partition coefficient (Wildman–Crippen LogP) is 3.80. The van der Waals surface area contributed by atoms with Gasteiger partial charge >= 0.3 is 0 Å². The van der Waals surface area contributed by atoms with Gasteiger partial charge in [-0.15, -0.1) is 11.3 Å². The Hall–Kier alpha value is -1.88. The van der Waals surface area contributed by atoms with Gasteiger partial charge in [-0.3, -0.25) is 4.99 Å². The average molecular weight is 316 g/mol. The van der Waals surface area contributed by atoms with Crippen LogP contribution in [0.2, 0.25) is 0 Å². The highest BCUT2D eigenvalue weighted by Crippen LogP contribution is 2.18. The van der Waals surface area contributed by atoms with E-state index in [1.165, 1.54) is 10.4 Å². The largest absolute Gasteiger partial charge is 0.370 e. The van der Waals surface area contributed by atoms with Crippen LogP contribution in [0.15, 0.2) is 35.5 Å². The van der Waals surface area contributed by atoms with Gasteiger partial charge in [-0.1, -0.05) is 32.9 Å². The third-order valence-electron chi connectivity index (χ3n) is 3.38. The van der Waals surface area contributed by atoms with Crippen LogP contribution in [-0.4, -0.2) is 17.5 Å². The molecule has 0 saturated heterocycles. The second kappa shape index (κ2) is 7.94. The van der Waals surface area contributed by atoms with Gasteiger partial charge in [-0.25, -0.2) is 4.98 Å². The fraction of sp³-hybridized carbons (Fsp3) is 0.412. The summed E-state index contributed by atoms with van der Waals surface area (Å²) in [6, 6.07) is 8.27. The molecule has 118 valence electrons. The molecule has 0 saturated carbocycles. The summed E-state index contributed by atoms with van der Waals surface area (Å²) in [7, 11) is 0. The number of aryl methyl sites for hydroxylation is 1. The number of benzene rings is 1. The third-order valence-corrected chi connectivity index (χ3v) is 4.58. The van der Waals surface area contributed by atoms with E-state index in [0.717, 1.165) is 23.5 Å². The van der Waals surface area contributed by atoms with E-state index >= 15 is 0 Å². The maximum Gasteiger partial charge on any atom is 0.193 e. The van der Waals surface area contributed by atoms with E-state index < -0.39 is 0 Å². The number of nitrogens with two attached hydrogens (primary N) is 1. The van der Waals surface area contributed by atoms with Crippen molar-refractivity contribution in [3.63, 3.8) is 0 Å². The summed E-state index contributed by atoms with van der Waals surface area (Å²) in [6.07, 6.45) is 3.82. The number of guanidine groups is 1. The van der Waals surface area contributed by atoms with E-state index in [9.17, 15) is 0 Å². The van der Waals surface area contributed by atoms with Crippen LogP contribution >= 0.6 is 11.3 Å². The maximum atomic E-state index is 5.95. The number of hydrogen-bond acceptors (Lipinski definition) is 3. The van der Waals surface area contributed by atoms with Crippen molar-refractivity contribution in [1.29, 1.82) is 0 Å². The summed E-state index contributed by atoms with van der Waals surface area (Å²) >= 11 is 1.75. The Morgan fingerprint density at radius 2 is 2.23 bits per heavy atom. The van der Waals surface area contributed by atoms with E-state index in [1.807, 2.05) is 18.3 Å². The van der Waals surface area contributed by atoms with Crippen molar-refractivity contribution >= 4 is 23.0 Å². The summed E-state index contributed by atoms with van der Waals surface area (Å²) < 4.78 is 0. The number of anilines is 1. The molecule has 1 aromatic carbocycles. The minimum absolute atomic E-state index is 0.452. The number of nitrogens with zero attached hydrogens (tertiary/aromatic N) is 2. The van der Waals surface area contributed by atoms with Gasteiger partial charge in [0.25, 0.3) is 0 Å². The van der Waals surface area contributed by atoms with Gasteiger partial charge in [0.15, 0.2) is 5.96 Å². The lowest BCUT2D eigenvalue weighted by atomic mass is 10.0. The predicted molar refractivity (Wildman–Crippen MR) is 95.8 cm³/mol. The van der Waals surface area contributed by atoms with Crippen LogP contribution < -0.4 is 11.1 Å². The molecule has 0 radical (unpaired) electrons. The lowest BCUT2D eigenvalue weighted by Gasteiger charge is -2.09. The number of hydrogen-bond donors (Lipinski definition) is 2. The fourth-order valence-electron chi connectivity index (χ4n) is 2.06. The number of rotatable bonds is 6. The van der Waals surface area contributed by atoms with Gasteiger partial charge in [0.1, 0.15) is 0 Å². The first-order valence-electron chi connectivity index (χ1n) is 7.69. The first-order valence-corrected chi connectivity index (χ1v) is 8.50. The number of aliphatic imine (C=N–C) groups is 1. The molecule has 3 N–H and O–H groups in total. The SMILES string of the molecule is CCc1cnc(CCN=C(N)Nc2cccc(C(C)C)c2)s1. The average Bonchev–Trinajstić information content (AvgIpc) is 2.95. The van der Waals surface area contributed by atoms with Crippen LogP contribution in [-0.2, 0) is 12.8 Å². The van der Waals surface area contributed by atoms with Gasteiger partial charge < -0.3 is 11.1 Å². The normalized spacial score (nSPS) is 11.9. The van der Waals surface area contributed by atoms with Crippen molar-refractivity contribution in [3.05, 3.63) is 45.9 Å². The lowest BCUT2D eigenvalue weighted by molar-refractivity contribution is 0.867. The maximum absolute atomic E-state index is 5.95. The number of aromatic nitrogens is 1. The Labute approximate surface area is 136 Å². The van der Waals surface area contributed by atoms with E-state index in [0.29, 0.717) is 18.4 Å². The van der Waals surface area contributed by atoms with Crippen molar-refractivity contribution < 1.29 is 0 Å². The van der Waals surface area contributed by atoms with E-state index in [-0.39, 0.29) is 0 Å². The molecule has 1 heterocycles. The molecular formula is C17H24N4S. The Morgan fingerprint density at radius 3 is 2.91 bits per heavy atom. The zero-order chi connectivity index (χ0) is 15.9. The van der Waals surface area contributed by atoms with E-state index in [2.05, 4.69) is 48.2 Å². The van der Waals surface area contributed by atoms with Gasteiger partial charge in [-0.2, -0.15) is 0 Å². The lowest BCUT2D eigenvalue weighted by Crippen LogP contribution is -2.23. The molecule has 2 aromatic rings. The summed E-state index contributed by atoms with van der Waals surface area (Å²) in [5, 5.41) is 4.27. The molecule has 0 aliphatic carbocycles. The molecule has 2 rings (SSSR count). The van der Waals surface area contributed by atoms with Gasteiger partial charge in [0, 0.05) is 29.7 Å². The minimum Gasteiger partial charge on any atom is -0.370 e. The number of nitrogens with one attached hydrogen (secondary N) is 1. The Kier molecular flexibility index (Phi) is 5.95. The van der Waals surface area contributed by atoms with E-state index in [1.54, 1.807) is 11.3 Å². The van der Waals surface area contributed by atoms with Crippen LogP contribution in [0.3, 0.4) is 0 Å². The highest BCUT2D eigenvalue weighted by molar-refractivity contribution is 7.11. The standard InChI is InChI=1S/C17H24N4S/c1-4-15-11-20-16(22-15)8-9-19-17(18)21-14-7-5-6-13(10-14)12(2)3/h5-7,10-12H,4,8-9H2,1-3H3,(H3,18,19,21). The molecule has 0 aliphatic rings. The molecule has 0 amide bonds. The molecule has 22 heavy (non-hydrogen) atoms.